The Balaban J connectivity index is 1.75. The molecule has 0 unspecified atom stereocenters. The van der Waals surface area contributed by atoms with Crippen molar-refractivity contribution in [2.24, 2.45) is 0 Å². The number of para-hydroxylation sites is 1. The van der Waals surface area contributed by atoms with E-state index in [4.69, 9.17) is 0 Å². The summed E-state index contributed by atoms with van der Waals surface area (Å²) < 4.78 is 2.14. The first-order valence-corrected chi connectivity index (χ1v) is 9.55. The van der Waals surface area contributed by atoms with Crippen LogP contribution in [0.15, 0.2) is 60.8 Å². The van der Waals surface area contributed by atoms with Crippen molar-refractivity contribution in [3.05, 3.63) is 71.9 Å². The summed E-state index contributed by atoms with van der Waals surface area (Å²) in [6.07, 6.45) is 7.43. The van der Waals surface area contributed by atoms with Gasteiger partial charge in [-0.3, -0.25) is 0 Å². The second kappa shape index (κ2) is 5.91. The molecule has 0 aliphatic heterocycles. The Morgan fingerprint density at radius 3 is 2.58 bits per heavy atom. The third-order valence-corrected chi connectivity index (χ3v) is 5.97. The number of aromatic hydroxyl groups is 1. The molecule has 0 radical (unpaired) electrons. The zero-order chi connectivity index (χ0) is 17.7. The van der Waals surface area contributed by atoms with E-state index >= 15 is 0 Å². The fourth-order valence-electron chi connectivity index (χ4n) is 4.62. The van der Waals surface area contributed by atoms with Crippen LogP contribution in [-0.4, -0.2) is 9.67 Å². The van der Waals surface area contributed by atoms with Crippen molar-refractivity contribution in [2.45, 2.75) is 38.5 Å². The zero-order valence-electron chi connectivity index (χ0n) is 15.1. The van der Waals surface area contributed by atoms with Crippen LogP contribution in [0.3, 0.4) is 0 Å². The van der Waals surface area contributed by atoms with Crippen molar-refractivity contribution < 1.29 is 5.11 Å². The van der Waals surface area contributed by atoms with Gasteiger partial charge in [-0.2, -0.15) is 0 Å². The van der Waals surface area contributed by atoms with Crippen molar-refractivity contribution in [1.29, 1.82) is 0 Å². The van der Waals surface area contributed by atoms with Gasteiger partial charge in [0.25, 0.3) is 0 Å². The molecule has 2 nitrogen and oxygen atoms in total. The fraction of sp³-hybridized carbons (Fsp3) is 0.250. The van der Waals surface area contributed by atoms with Gasteiger partial charge in [-0.05, 0) is 54.3 Å². The maximum absolute atomic E-state index is 10.7. The summed E-state index contributed by atoms with van der Waals surface area (Å²) in [4.78, 5) is 0. The van der Waals surface area contributed by atoms with Crippen LogP contribution in [0.25, 0.3) is 27.4 Å². The summed E-state index contributed by atoms with van der Waals surface area (Å²) in [5.41, 5.74) is 4.68. The number of hydrogen-bond acceptors (Lipinski definition) is 1. The molecule has 3 aromatic carbocycles. The Labute approximate surface area is 153 Å². The van der Waals surface area contributed by atoms with Gasteiger partial charge in [0.05, 0.1) is 11.2 Å². The Morgan fingerprint density at radius 2 is 1.73 bits per heavy atom. The van der Waals surface area contributed by atoms with Crippen LogP contribution < -0.4 is 0 Å². The maximum atomic E-state index is 10.7. The van der Waals surface area contributed by atoms with E-state index in [1.165, 1.54) is 47.6 Å². The van der Waals surface area contributed by atoms with Crippen molar-refractivity contribution in [2.75, 3.05) is 0 Å². The first-order chi connectivity index (χ1) is 12.7. The molecule has 2 heteroatoms. The summed E-state index contributed by atoms with van der Waals surface area (Å²) in [6.45, 7) is 2.12. The van der Waals surface area contributed by atoms with Crippen molar-refractivity contribution in [3.8, 4) is 11.4 Å². The Kier molecular flexibility index (Phi) is 3.53. The van der Waals surface area contributed by atoms with E-state index in [0.717, 1.165) is 16.6 Å². The van der Waals surface area contributed by atoms with Gasteiger partial charge in [-0.15, -0.1) is 0 Å². The molecule has 1 N–H and O–H groups in total. The Hall–Kier alpha value is -2.74. The number of nitrogens with zero attached hydrogens (tertiary/aromatic N) is 1. The minimum absolute atomic E-state index is 0.326. The van der Waals surface area contributed by atoms with Crippen molar-refractivity contribution in [1.82, 2.24) is 4.57 Å². The molecule has 0 atom stereocenters. The highest BCUT2D eigenvalue weighted by atomic mass is 16.3. The second-order valence-electron chi connectivity index (χ2n) is 7.59. The molecule has 1 aromatic heterocycles. The molecule has 26 heavy (non-hydrogen) atoms. The Morgan fingerprint density at radius 1 is 0.923 bits per heavy atom. The number of aromatic nitrogens is 1. The highest BCUT2D eigenvalue weighted by Gasteiger charge is 2.19. The zero-order valence-corrected chi connectivity index (χ0v) is 15.1. The third kappa shape index (κ3) is 2.33. The highest BCUT2D eigenvalue weighted by Crippen LogP contribution is 2.39. The molecule has 5 rings (SSSR count). The van der Waals surface area contributed by atoms with E-state index < -0.39 is 0 Å². The van der Waals surface area contributed by atoms with Crippen LogP contribution in [0.1, 0.15) is 42.7 Å². The van der Waals surface area contributed by atoms with Gasteiger partial charge in [-0.1, -0.05) is 55.3 Å². The van der Waals surface area contributed by atoms with Crippen LogP contribution in [0.4, 0.5) is 0 Å². The second-order valence-corrected chi connectivity index (χ2v) is 7.59. The first-order valence-electron chi connectivity index (χ1n) is 9.55. The van der Waals surface area contributed by atoms with Crippen LogP contribution >= 0.6 is 0 Å². The van der Waals surface area contributed by atoms with E-state index in [1.807, 2.05) is 12.1 Å². The minimum atomic E-state index is 0.326. The molecule has 0 amide bonds. The van der Waals surface area contributed by atoms with Gasteiger partial charge < -0.3 is 9.67 Å². The number of hydrogen-bond donors (Lipinski definition) is 1. The van der Waals surface area contributed by atoms with Gasteiger partial charge in [0.15, 0.2) is 0 Å². The average molecular weight is 341 g/mol. The van der Waals surface area contributed by atoms with Crippen LogP contribution in [-0.2, 0) is 0 Å². The summed E-state index contributed by atoms with van der Waals surface area (Å²) in [7, 11) is 0. The number of rotatable bonds is 2. The lowest BCUT2D eigenvalue weighted by Gasteiger charge is -2.15. The summed E-state index contributed by atoms with van der Waals surface area (Å²) in [5.74, 6) is 1.03. The van der Waals surface area contributed by atoms with E-state index in [0.29, 0.717) is 11.7 Å². The van der Waals surface area contributed by atoms with Crippen molar-refractivity contribution in [3.63, 3.8) is 0 Å². The molecule has 130 valence electrons. The van der Waals surface area contributed by atoms with Gasteiger partial charge in [0, 0.05) is 17.0 Å². The molecule has 0 bridgehead atoms. The van der Waals surface area contributed by atoms with E-state index in [9.17, 15) is 5.11 Å². The average Bonchev–Trinajstić information content (AvgIpc) is 3.31. The number of fused-ring (bicyclic) bond motifs is 2. The van der Waals surface area contributed by atoms with Gasteiger partial charge >= 0.3 is 0 Å². The normalized spacial score (nSPS) is 15.3. The summed E-state index contributed by atoms with van der Waals surface area (Å²) >= 11 is 0. The summed E-state index contributed by atoms with van der Waals surface area (Å²) in [6, 6.07) is 19.0. The number of phenolic OH excluding ortho intramolecular Hbond substituents is 1. The molecule has 1 fully saturated rings. The molecule has 1 aliphatic rings. The van der Waals surface area contributed by atoms with E-state index in [-0.39, 0.29) is 0 Å². The summed E-state index contributed by atoms with van der Waals surface area (Å²) in [5, 5.41) is 14.2. The third-order valence-electron chi connectivity index (χ3n) is 5.97. The maximum Gasteiger partial charge on any atom is 0.140 e. The first kappa shape index (κ1) is 15.5. The molecule has 4 aromatic rings. The van der Waals surface area contributed by atoms with Crippen LogP contribution in [0, 0.1) is 6.92 Å². The van der Waals surface area contributed by atoms with Crippen LogP contribution in [0.5, 0.6) is 5.75 Å². The molecule has 1 saturated carbocycles. The predicted molar refractivity (Wildman–Crippen MR) is 108 cm³/mol. The number of phenols is 1. The molecule has 0 saturated heterocycles. The van der Waals surface area contributed by atoms with Crippen LogP contribution in [0.2, 0.25) is 0 Å². The fourth-order valence-corrected chi connectivity index (χ4v) is 4.62. The molecule has 1 aliphatic carbocycles. The minimum Gasteiger partial charge on any atom is -0.506 e. The quantitative estimate of drug-likeness (QED) is 0.445. The van der Waals surface area contributed by atoms with E-state index in [2.05, 4.69) is 60.2 Å². The van der Waals surface area contributed by atoms with E-state index in [1.54, 1.807) is 0 Å². The molecular formula is C24H23NO. The lowest BCUT2D eigenvalue weighted by molar-refractivity contribution is 0.473. The standard InChI is InChI=1S/C24H23NO/c1-16-15-25(22-9-5-4-8-20(16)22)24-21-12-10-18(17-6-2-3-7-17)14-19(21)11-13-23(24)26/h4-5,8-15,17,26H,2-3,6-7H2,1H3. The highest BCUT2D eigenvalue weighted by molar-refractivity contribution is 5.96. The molecule has 0 spiro atoms. The predicted octanol–water partition coefficient (Wildman–Crippen LogP) is 6.46. The molecular weight excluding hydrogens is 318 g/mol. The lowest BCUT2D eigenvalue weighted by Crippen LogP contribution is -1.96. The SMILES string of the molecule is Cc1cn(-c2c(O)ccc3cc(C4CCCC4)ccc23)c2ccccc12. The van der Waals surface area contributed by atoms with Gasteiger partial charge in [-0.25, -0.2) is 0 Å². The lowest BCUT2D eigenvalue weighted by atomic mass is 9.94. The largest absolute Gasteiger partial charge is 0.506 e. The van der Waals surface area contributed by atoms with Gasteiger partial charge in [0.1, 0.15) is 5.75 Å². The monoisotopic (exact) mass is 341 g/mol. The van der Waals surface area contributed by atoms with Gasteiger partial charge in [0.2, 0.25) is 0 Å². The molecule has 1 heterocycles. The number of benzene rings is 3. The Bertz CT molecular complexity index is 1120. The number of aryl methyl sites for hydroxylation is 1. The topological polar surface area (TPSA) is 25.2 Å². The smallest absolute Gasteiger partial charge is 0.140 e. The van der Waals surface area contributed by atoms with Crippen molar-refractivity contribution >= 4 is 21.7 Å².